The largest absolute Gasteiger partial charge is 0.265 e. The SMILES string of the molecule is c1cnc2c(c1)ccc1ccc(-c3ccc(-c4ccc5cc(-c6ccc7ccc(-c8ccncc8)nc7c6)ccc5n4)c4ccccc34)nc12. The van der Waals surface area contributed by atoms with Crippen LogP contribution in [0.15, 0.2) is 164 Å². The van der Waals surface area contributed by atoms with E-state index in [1.165, 1.54) is 0 Å². The summed E-state index contributed by atoms with van der Waals surface area (Å²) in [7, 11) is 0. The number of nitrogens with zero attached hydrogens (tertiary/aromatic N) is 5. The fourth-order valence-corrected chi connectivity index (χ4v) is 7.05. The van der Waals surface area contributed by atoms with Gasteiger partial charge in [-0.1, -0.05) is 91.0 Å². The maximum Gasteiger partial charge on any atom is 0.0972 e. The molecule has 5 aromatic heterocycles. The average Bonchev–Trinajstić information content (AvgIpc) is 3.19. The molecule has 5 heteroatoms. The second-order valence-electron chi connectivity index (χ2n) is 12.6. The molecule has 0 N–H and O–H groups in total. The van der Waals surface area contributed by atoms with E-state index in [2.05, 4.69) is 137 Å². The Morgan fingerprint density at radius 2 is 0.960 bits per heavy atom. The van der Waals surface area contributed by atoms with Crippen molar-refractivity contribution in [3.8, 4) is 44.9 Å². The van der Waals surface area contributed by atoms with E-state index >= 15 is 0 Å². The van der Waals surface area contributed by atoms with Gasteiger partial charge in [-0.25, -0.2) is 15.0 Å². The fourth-order valence-electron chi connectivity index (χ4n) is 7.05. The Morgan fingerprint density at radius 3 is 1.78 bits per heavy atom. The Bertz CT molecular complexity index is 2940. The number of pyridine rings is 5. The molecule has 232 valence electrons. The first-order valence-electron chi connectivity index (χ1n) is 16.6. The molecule has 10 rings (SSSR count). The van der Waals surface area contributed by atoms with E-state index in [-0.39, 0.29) is 0 Å². The maximum absolute atomic E-state index is 5.16. The number of hydrogen-bond donors (Lipinski definition) is 0. The van der Waals surface area contributed by atoms with Crippen LogP contribution in [0.5, 0.6) is 0 Å². The van der Waals surface area contributed by atoms with Crippen molar-refractivity contribution in [1.29, 1.82) is 0 Å². The topological polar surface area (TPSA) is 64.5 Å². The molecule has 5 aromatic carbocycles. The second kappa shape index (κ2) is 11.4. The lowest BCUT2D eigenvalue weighted by atomic mass is 9.95. The van der Waals surface area contributed by atoms with Gasteiger partial charge in [0.25, 0.3) is 0 Å². The normalized spacial score (nSPS) is 11.6. The highest BCUT2D eigenvalue weighted by Crippen LogP contribution is 2.37. The minimum Gasteiger partial charge on any atom is -0.265 e. The number of fused-ring (bicyclic) bond motifs is 6. The molecular formula is C45H27N5. The molecule has 0 saturated carbocycles. The molecule has 0 radical (unpaired) electrons. The van der Waals surface area contributed by atoms with E-state index in [4.69, 9.17) is 15.0 Å². The molecule has 5 nitrogen and oxygen atoms in total. The van der Waals surface area contributed by atoms with Crippen molar-refractivity contribution in [2.75, 3.05) is 0 Å². The summed E-state index contributed by atoms with van der Waals surface area (Å²) in [5.41, 5.74) is 12.0. The van der Waals surface area contributed by atoms with Crippen LogP contribution in [0, 0.1) is 0 Å². The van der Waals surface area contributed by atoms with E-state index in [0.29, 0.717) is 0 Å². The molecular weight excluding hydrogens is 611 g/mol. The van der Waals surface area contributed by atoms with Gasteiger partial charge in [0, 0.05) is 56.8 Å². The smallest absolute Gasteiger partial charge is 0.0972 e. The van der Waals surface area contributed by atoms with Crippen molar-refractivity contribution >= 4 is 54.4 Å². The van der Waals surface area contributed by atoms with Crippen molar-refractivity contribution < 1.29 is 0 Å². The standard InChI is InChI=1S/C45H27N5/c1-2-6-36-35(5-1)37(15-16-38(36)42-19-12-31-9-8-30-4-3-23-47-44(30)45(31)50-42)41-20-14-34-26-32(13-18-40(34)48-41)33-10-7-28-11-17-39(49-43(28)27-33)29-21-24-46-25-22-29/h1-27H. The van der Waals surface area contributed by atoms with Crippen molar-refractivity contribution in [2.45, 2.75) is 0 Å². The summed E-state index contributed by atoms with van der Waals surface area (Å²) in [6.07, 6.45) is 5.43. The zero-order valence-corrected chi connectivity index (χ0v) is 26.8. The van der Waals surface area contributed by atoms with E-state index in [1.807, 2.05) is 24.4 Å². The first kappa shape index (κ1) is 28.2. The van der Waals surface area contributed by atoms with Crippen molar-refractivity contribution in [3.05, 3.63) is 164 Å². The van der Waals surface area contributed by atoms with Gasteiger partial charge in [-0.05, 0) is 76.5 Å². The van der Waals surface area contributed by atoms with Crippen LogP contribution in [0.25, 0.3) is 99.3 Å². The fraction of sp³-hybridized carbons (Fsp3) is 0. The summed E-state index contributed by atoms with van der Waals surface area (Å²) < 4.78 is 0. The van der Waals surface area contributed by atoms with Crippen LogP contribution >= 0.6 is 0 Å². The third-order valence-corrected chi connectivity index (χ3v) is 9.60. The molecule has 0 bridgehead atoms. The third-order valence-electron chi connectivity index (χ3n) is 9.60. The van der Waals surface area contributed by atoms with Gasteiger partial charge >= 0.3 is 0 Å². The summed E-state index contributed by atoms with van der Waals surface area (Å²) in [4.78, 5) is 24.1. The Balaban J connectivity index is 1.02. The van der Waals surface area contributed by atoms with Gasteiger partial charge in [0.15, 0.2) is 0 Å². The van der Waals surface area contributed by atoms with Crippen LogP contribution in [0.4, 0.5) is 0 Å². The van der Waals surface area contributed by atoms with Gasteiger partial charge in [0.2, 0.25) is 0 Å². The molecule has 0 amide bonds. The van der Waals surface area contributed by atoms with E-state index in [9.17, 15) is 0 Å². The number of hydrogen-bond acceptors (Lipinski definition) is 5. The minimum absolute atomic E-state index is 0.916. The lowest BCUT2D eigenvalue weighted by molar-refractivity contribution is 1.31. The van der Waals surface area contributed by atoms with E-state index in [0.717, 1.165) is 99.3 Å². The number of aromatic nitrogens is 5. The van der Waals surface area contributed by atoms with Gasteiger partial charge in [0.1, 0.15) is 0 Å². The van der Waals surface area contributed by atoms with Gasteiger partial charge in [0.05, 0.1) is 39.1 Å². The Morgan fingerprint density at radius 1 is 0.340 bits per heavy atom. The van der Waals surface area contributed by atoms with E-state index in [1.54, 1.807) is 12.4 Å². The zero-order valence-electron chi connectivity index (χ0n) is 26.8. The molecule has 0 atom stereocenters. The predicted molar refractivity (Wildman–Crippen MR) is 205 cm³/mol. The van der Waals surface area contributed by atoms with Crippen LogP contribution in [0.1, 0.15) is 0 Å². The van der Waals surface area contributed by atoms with Gasteiger partial charge in [-0.2, -0.15) is 0 Å². The van der Waals surface area contributed by atoms with E-state index < -0.39 is 0 Å². The van der Waals surface area contributed by atoms with Crippen molar-refractivity contribution in [1.82, 2.24) is 24.9 Å². The summed E-state index contributed by atoms with van der Waals surface area (Å²) in [6.45, 7) is 0. The molecule has 0 spiro atoms. The Kier molecular flexibility index (Phi) is 6.42. The lowest BCUT2D eigenvalue weighted by Gasteiger charge is -2.13. The van der Waals surface area contributed by atoms with Crippen molar-refractivity contribution in [3.63, 3.8) is 0 Å². The molecule has 0 unspecified atom stereocenters. The highest BCUT2D eigenvalue weighted by molar-refractivity contribution is 6.07. The van der Waals surface area contributed by atoms with Crippen LogP contribution in [-0.2, 0) is 0 Å². The molecule has 0 fully saturated rings. The molecule has 10 aromatic rings. The van der Waals surface area contributed by atoms with Crippen LogP contribution in [0.3, 0.4) is 0 Å². The third kappa shape index (κ3) is 4.75. The highest BCUT2D eigenvalue weighted by atomic mass is 14.8. The Hall–Kier alpha value is -6.85. The summed E-state index contributed by atoms with van der Waals surface area (Å²) in [5, 5.41) is 6.65. The summed E-state index contributed by atoms with van der Waals surface area (Å²) >= 11 is 0. The lowest BCUT2D eigenvalue weighted by Crippen LogP contribution is -1.92. The molecule has 0 saturated heterocycles. The molecule has 0 aliphatic rings. The number of rotatable bonds is 4. The highest BCUT2D eigenvalue weighted by Gasteiger charge is 2.14. The summed E-state index contributed by atoms with van der Waals surface area (Å²) in [5.74, 6) is 0. The van der Waals surface area contributed by atoms with Crippen LogP contribution in [-0.4, -0.2) is 24.9 Å². The maximum atomic E-state index is 5.16. The minimum atomic E-state index is 0.916. The van der Waals surface area contributed by atoms with Crippen LogP contribution < -0.4 is 0 Å². The Labute approximate surface area is 287 Å². The average molecular weight is 638 g/mol. The molecule has 0 aliphatic carbocycles. The molecule has 0 aliphatic heterocycles. The molecule has 50 heavy (non-hydrogen) atoms. The monoisotopic (exact) mass is 637 g/mol. The van der Waals surface area contributed by atoms with Gasteiger partial charge in [-0.3, -0.25) is 9.97 Å². The van der Waals surface area contributed by atoms with Gasteiger partial charge < -0.3 is 0 Å². The first-order valence-corrected chi connectivity index (χ1v) is 16.6. The predicted octanol–water partition coefficient (Wildman–Crippen LogP) is 11.1. The van der Waals surface area contributed by atoms with Gasteiger partial charge in [-0.15, -0.1) is 0 Å². The summed E-state index contributed by atoms with van der Waals surface area (Å²) in [6, 6.07) is 50.8. The quantitative estimate of drug-likeness (QED) is 0.180. The first-order chi connectivity index (χ1) is 24.7. The zero-order chi connectivity index (χ0) is 33.0. The second-order valence-corrected chi connectivity index (χ2v) is 12.6. The number of benzene rings is 5. The molecule has 5 heterocycles. The van der Waals surface area contributed by atoms with Crippen molar-refractivity contribution in [2.24, 2.45) is 0 Å². The van der Waals surface area contributed by atoms with Crippen LogP contribution in [0.2, 0.25) is 0 Å².